The molecular formula is C20H26O7. The smallest absolute Gasteiger partial charge is 0.333 e. The minimum Gasteiger partial charge on any atom is -0.458 e. The van der Waals surface area contributed by atoms with Gasteiger partial charge >= 0.3 is 5.97 Å². The fraction of sp³-hybridized carbons (Fsp3) is 0.500. The van der Waals surface area contributed by atoms with Gasteiger partial charge in [0.1, 0.15) is 6.10 Å². The minimum atomic E-state index is -1.47. The van der Waals surface area contributed by atoms with Crippen LogP contribution in [0.25, 0.3) is 0 Å². The molecule has 148 valence electrons. The second-order valence-electron chi connectivity index (χ2n) is 7.08. The first-order chi connectivity index (χ1) is 12.6. The third-order valence-electron chi connectivity index (χ3n) is 4.86. The Morgan fingerprint density at radius 3 is 2.78 bits per heavy atom. The summed E-state index contributed by atoms with van der Waals surface area (Å²) in [6, 6.07) is 0. The average molecular weight is 378 g/mol. The number of ketones is 1. The number of esters is 1. The number of carbonyl (C=O) groups is 2. The number of carbonyl (C=O) groups excluding carboxylic acids is 2. The van der Waals surface area contributed by atoms with Gasteiger partial charge < -0.3 is 24.8 Å². The van der Waals surface area contributed by atoms with Crippen molar-refractivity contribution in [2.75, 3.05) is 6.61 Å². The minimum absolute atomic E-state index is 0.0297. The van der Waals surface area contributed by atoms with Crippen LogP contribution in [0.4, 0.5) is 0 Å². The highest BCUT2D eigenvalue weighted by molar-refractivity contribution is 6.04. The molecule has 5 atom stereocenters. The number of rotatable bonds is 3. The molecule has 27 heavy (non-hydrogen) atoms. The van der Waals surface area contributed by atoms with Crippen LogP contribution in [0.5, 0.6) is 0 Å². The molecule has 1 heterocycles. The van der Waals surface area contributed by atoms with Gasteiger partial charge in [-0.05, 0) is 44.6 Å². The zero-order valence-electron chi connectivity index (χ0n) is 15.7. The Labute approximate surface area is 158 Å². The fourth-order valence-electron chi connectivity index (χ4n) is 3.13. The van der Waals surface area contributed by atoms with Crippen molar-refractivity contribution in [3.8, 4) is 0 Å². The van der Waals surface area contributed by atoms with Crippen LogP contribution >= 0.6 is 0 Å². The summed E-state index contributed by atoms with van der Waals surface area (Å²) < 4.78 is 11.1. The summed E-state index contributed by atoms with van der Waals surface area (Å²) in [5.74, 6) is -1.73. The monoisotopic (exact) mass is 378 g/mol. The van der Waals surface area contributed by atoms with Gasteiger partial charge in [0, 0.05) is 17.6 Å². The quantitative estimate of drug-likeness (QED) is 0.381. The molecule has 0 aromatic rings. The SMILES string of the molecule is C=C1C(O)OC2C=C(CO)C(=O)C=CC(C)(O)CC(OC(=O)C(C)=CC)C12. The lowest BCUT2D eigenvalue weighted by Crippen LogP contribution is -2.40. The van der Waals surface area contributed by atoms with Crippen molar-refractivity contribution in [3.05, 3.63) is 47.6 Å². The summed E-state index contributed by atoms with van der Waals surface area (Å²) >= 11 is 0. The van der Waals surface area contributed by atoms with E-state index < -0.39 is 48.4 Å². The van der Waals surface area contributed by atoms with E-state index in [1.165, 1.54) is 25.2 Å². The van der Waals surface area contributed by atoms with Crippen molar-refractivity contribution < 1.29 is 34.4 Å². The number of hydrogen-bond acceptors (Lipinski definition) is 7. The molecule has 1 fully saturated rings. The maximum absolute atomic E-state index is 12.3. The van der Waals surface area contributed by atoms with Crippen molar-refractivity contribution in [3.63, 3.8) is 0 Å². The maximum atomic E-state index is 12.3. The lowest BCUT2D eigenvalue weighted by Gasteiger charge is -2.32. The van der Waals surface area contributed by atoms with Gasteiger partial charge in [-0.2, -0.15) is 0 Å². The molecule has 1 aliphatic carbocycles. The van der Waals surface area contributed by atoms with E-state index >= 15 is 0 Å². The van der Waals surface area contributed by atoms with Crippen molar-refractivity contribution in [2.45, 2.75) is 51.3 Å². The number of aliphatic hydroxyl groups excluding tert-OH is 2. The van der Waals surface area contributed by atoms with Gasteiger partial charge in [-0.3, -0.25) is 4.79 Å². The molecule has 7 nitrogen and oxygen atoms in total. The van der Waals surface area contributed by atoms with E-state index in [0.717, 1.165) is 0 Å². The Morgan fingerprint density at radius 1 is 1.52 bits per heavy atom. The predicted octanol–water partition coefficient (Wildman–Crippen LogP) is 0.953. The van der Waals surface area contributed by atoms with E-state index in [0.29, 0.717) is 5.57 Å². The molecule has 5 unspecified atom stereocenters. The molecule has 3 N–H and O–H groups in total. The van der Waals surface area contributed by atoms with Crippen LogP contribution in [0.1, 0.15) is 27.2 Å². The summed E-state index contributed by atoms with van der Waals surface area (Å²) in [6.45, 7) is 8.08. The molecule has 0 spiro atoms. The van der Waals surface area contributed by atoms with Gasteiger partial charge in [-0.15, -0.1) is 0 Å². The van der Waals surface area contributed by atoms with Gasteiger partial charge in [0.2, 0.25) is 0 Å². The van der Waals surface area contributed by atoms with Gasteiger partial charge in [0.25, 0.3) is 0 Å². The Morgan fingerprint density at radius 2 is 2.19 bits per heavy atom. The third-order valence-corrected chi connectivity index (χ3v) is 4.86. The summed E-state index contributed by atoms with van der Waals surface area (Å²) in [6.07, 6.45) is 2.43. The highest BCUT2D eigenvalue weighted by Crippen LogP contribution is 2.38. The van der Waals surface area contributed by atoms with Crippen LogP contribution in [-0.2, 0) is 19.1 Å². The standard InChI is InChI=1S/C20H26O7/c1-5-11(2)18(23)27-16-9-20(4,25)7-6-14(22)13(10-21)8-15-17(16)12(3)19(24)26-15/h5-8,15-17,19,21,24-25H,3,9-10H2,1-2,4H3. The van der Waals surface area contributed by atoms with Crippen molar-refractivity contribution in [1.82, 2.24) is 0 Å². The molecule has 0 saturated carbocycles. The van der Waals surface area contributed by atoms with Crippen molar-refractivity contribution >= 4 is 11.8 Å². The normalized spacial score (nSPS) is 34.9. The molecule has 0 aromatic heterocycles. The second kappa shape index (κ2) is 8.31. The van der Waals surface area contributed by atoms with E-state index in [-0.39, 0.29) is 17.6 Å². The van der Waals surface area contributed by atoms with Crippen LogP contribution in [-0.4, -0.2) is 57.8 Å². The molecule has 7 heteroatoms. The predicted molar refractivity (Wildman–Crippen MR) is 97.4 cm³/mol. The van der Waals surface area contributed by atoms with Crippen molar-refractivity contribution in [1.29, 1.82) is 0 Å². The zero-order valence-corrected chi connectivity index (χ0v) is 15.7. The average Bonchev–Trinajstić information content (AvgIpc) is 2.89. The Hall–Kier alpha value is -2.06. The molecule has 0 bridgehead atoms. The van der Waals surface area contributed by atoms with Crippen LogP contribution in [0.2, 0.25) is 0 Å². The van der Waals surface area contributed by atoms with Gasteiger partial charge in [-0.1, -0.05) is 12.7 Å². The van der Waals surface area contributed by atoms with E-state index in [1.54, 1.807) is 19.9 Å². The first-order valence-electron chi connectivity index (χ1n) is 8.73. The second-order valence-corrected chi connectivity index (χ2v) is 7.08. The van der Waals surface area contributed by atoms with E-state index in [2.05, 4.69) is 6.58 Å². The topological polar surface area (TPSA) is 113 Å². The number of allylic oxidation sites excluding steroid dienone is 2. The Kier molecular flexibility index (Phi) is 6.54. The summed E-state index contributed by atoms with van der Waals surface area (Å²) in [4.78, 5) is 24.6. The molecule has 2 rings (SSSR count). The zero-order chi connectivity index (χ0) is 20.4. The molecule has 1 saturated heterocycles. The fourth-order valence-corrected chi connectivity index (χ4v) is 3.13. The van der Waals surface area contributed by atoms with Crippen LogP contribution in [0, 0.1) is 5.92 Å². The maximum Gasteiger partial charge on any atom is 0.333 e. The molecule has 0 aromatic carbocycles. The number of ether oxygens (including phenoxy) is 2. The van der Waals surface area contributed by atoms with Gasteiger partial charge in [0.15, 0.2) is 12.1 Å². The van der Waals surface area contributed by atoms with E-state index in [4.69, 9.17) is 9.47 Å². The highest BCUT2D eigenvalue weighted by atomic mass is 16.6. The number of aliphatic hydroxyl groups is 3. The Balaban J connectivity index is 2.51. The first kappa shape index (κ1) is 21.2. The molecule has 0 radical (unpaired) electrons. The van der Waals surface area contributed by atoms with Gasteiger partial charge in [0.05, 0.1) is 24.2 Å². The Bertz CT molecular complexity index is 714. The molecule has 0 amide bonds. The van der Waals surface area contributed by atoms with Crippen LogP contribution in [0.3, 0.4) is 0 Å². The van der Waals surface area contributed by atoms with E-state index in [1.807, 2.05) is 0 Å². The highest BCUT2D eigenvalue weighted by Gasteiger charge is 2.45. The molecular weight excluding hydrogens is 352 g/mol. The van der Waals surface area contributed by atoms with Crippen LogP contribution in [0.15, 0.2) is 47.6 Å². The molecule has 2 aliphatic rings. The summed E-state index contributed by atoms with van der Waals surface area (Å²) in [7, 11) is 0. The van der Waals surface area contributed by atoms with Crippen molar-refractivity contribution in [2.24, 2.45) is 5.92 Å². The van der Waals surface area contributed by atoms with Gasteiger partial charge in [-0.25, -0.2) is 4.79 Å². The number of fused-ring (bicyclic) bond motifs is 1. The van der Waals surface area contributed by atoms with Crippen LogP contribution < -0.4 is 0 Å². The lowest BCUT2D eigenvalue weighted by molar-refractivity contribution is -0.150. The molecule has 1 aliphatic heterocycles. The summed E-state index contributed by atoms with van der Waals surface area (Å²) in [5.41, 5.74) is -0.751. The van der Waals surface area contributed by atoms with E-state index in [9.17, 15) is 24.9 Å². The summed E-state index contributed by atoms with van der Waals surface area (Å²) in [5, 5.41) is 30.3. The first-order valence-corrected chi connectivity index (χ1v) is 8.73. The third kappa shape index (κ3) is 4.81. The lowest BCUT2D eigenvalue weighted by atomic mass is 9.82. The largest absolute Gasteiger partial charge is 0.458 e. The number of hydrogen-bond donors (Lipinski definition) is 3.